The van der Waals surface area contributed by atoms with E-state index >= 15 is 0 Å². The van der Waals surface area contributed by atoms with Crippen molar-refractivity contribution >= 4 is 23.4 Å². The molecule has 1 aliphatic heterocycles. The highest BCUT2D eigenvalue weighted by Gasteiger charge is 2.52. The van der Waals surface area contributed by atoms with Crippen LogP contribution in [0.3, 0.4) is 0 Å². The summed E-state index contributed by atoms with van der Waals surface area (Å²) in [7, 11) is -0.406. The average Bonchev–Trinajstić information content (AvgIpc) is 2.68. The van der Waals surface area contributed by atoms with Crippen molar-refractivity contribution in [2.75, 3.05) is 6.61 Å². The predicted octanol–water partition coefficient (Wildman–Crippen LogP) is 3.54. The molecule has 3 nitrogen and oxygen atoms in total. The zero-order valence-corrected chi connectivity index (χ0v) is 14.0. The van der Waals surface area contributed by atoms with Crippen LogP contribution in [0.5, 0.6) is 5.75 Å². The molecule has 2 aromatic rings. The van der Waals surface area contributed by atoms with Gasteiger partial charge in [-0.05, 0) is 40.0 Å². The molecule has 2 aromatic carbocycles. The Labute approximate surface area is 132 Å². The molecule has 0 atom stereocenters. The summed E-state index contributed by atoms with van der Waals surface area (Å²) in [6, 6.07) is 12.4. The molecule has 0 aliphatic carbocycles. The summed E-state index contributed by atoms with van der Waals surface area (Å²) in [4.78, 5) is 0. The molecule has 0 spiro atoms. The smallest absolute Gasteiger partial charge is 0.494 e. The molecule has 0 bridgehead atoms. The highest BCUT2D eigenvalue weighted by molar-refractivity contribution is 6.63. The third-order valence-corrected chi connectivity index (χ3v) is 4.71. The summed E-state index contributed by atoms with van der Waals surface area (Å²) in [6.07, 6.45) is 0. The first-order valence-corrected chi connectivity index (χ1v) is 7.86. The fourth-order valence-electron chi connectivity index (χ4n) is 2.72. The molecule has 1 heterocycles. The van der Waals surface area contributed by atoms with Gasteiger partial charge in [-0.2, -0.15) is 0 Å². The van der Waals surface area contributed by atoms with Crippen molar-refractivity contribution in [2.24, 2.45) is 0 Å². The molecule has 0 N–H and O–H groups in total. The van der Waals surface area contributed by atoms with Crippen molar-refractivity contribution in [3.8, 4) is 5.75 Å². The van der Waals surface area contributed by atoms with Crippen LogP contribution in [0.2, 0.25) is 0 Å². The van der Waals surface area contributed by atoms with Gasteiger partial charge in [-0.25, -0.2) is 0 Å². The Balaban J connectivity index is 2.10. The second-order valence-corrected chi connectivity index (χ2v) is 6.73. The van der Waals surface area contributed by atoms with Gasteiger partial charge in [-0.15, -0.1) is 0 Å². The minimum atomic E-state index is -0.406. The van der Waals surface area contributed by atoms with E-state index in [0.29, 0.717) is 6.61 Å². The van der Waals surface area contributed by atoms with E-state index in [0.717, 1.165) is 22.0 Å². The fraction of sp³-hybridized carbons (Fsp3) is 0.444. The van der Waals surface area contributed by atoms with Gasteiger partial charge in [-0.3, -0.25) is 0 Å². The van der Waals surface area contributed by atoms with Crippen molar-refractivity contribution in [3.63, 3.8) is 0 Å². The van der Waals surface area contributed by atoms with E-state index in [1.54, 1.807) is 0 Å². The van der Waals surface area contributed by atoms with Gasteiger partial charge in [0.15, 0.2) is 0 Å². The summed E-state index contributed by atoms with van der Waals surface area (Å²) in [5.74, 6) is 0.860. The van der Waals surface area contributed by atoms with Crippen LogP contribution in [0.25, 0.3) is 10.8 Å². The Hall–Kier alpha value is -1.52. The van der Waals surface area contributed by atoms with E-state index in [-0.39, 0.29) is 11.2 Å². The molecule has 0 aromatic heterocycles. The number of ether oxygens (including phenoxy) is 1. The van der Waals surface area contributed by atoms with Gasteiger partial charge in [0.2, 0.25) is 0 Å². The molecule has 3 rings (SSSR count). The molecule has 22 heavy (non-hydrogen) atoms. The first kappa shape index (κ1) is 15.4. The fourth-order valence-corrected chi connectivity index (χ4v) is 2.72. The van der Waals surface area contributed by atoms with Gasteiger partial charge in [0.25, 0.3) is 0 Å². The standard InChI is InChI=1S/C18H23BO3/c1-6-20-16-14-10-8-7-9-13(14)11-12-15(16)19-21-17(2,3)18(4,5)22-19/h7-12H,6H2,1-5H3. The number of hydrogen-bond acceptors (Lipinski definition) is 3. The van der Waals surface area contributed by atoms with E-state index in [4.69, 9.17) is 14.0 Å². The topological polar surface area (TPSA) is 27.7 Å². The Morgan fingerprint density at radius 1 is 0.955 bits per heavy atom. The lowest BCUT2D eigenvalue weighted by Gasteiger charge is -2.32. The number of rotatable bonds is 3. The van der Waals surface area contributed by atoms with Crippen molar-refractivity contribution in [2.45, 2.75) is 45.8 Å². The second kappa shape index (κ2) is 5.29. The average molecular weight is 298 g/mol. The van der Waals surface area contributed by atoms with E-state index in [9.17, 15) is 0 Å². The first-order chi connectivity index (χ1) is 10.4. The molecule has 1 saturated heterocycles. The van der Waals surface area contributed by atoms with Crippen LogP contribution in [-0.4, -0.2) is 24.9 Å². The van der Waals surface area contributed by atoms with Crippen LogP contribution in [0, 0.1) is 0 Å². The monoisotopic (exact) mass is 298 g/mol. The minimum Gasteiger partial charge on any atom is -0.494 e. The molecule has 1 aliphatic rings. The van der Waals surface area contributed by atoms with E-state index < -0.39 is 7.12 Å². The van der Waals surface area contributed by atoms with E-state index in [2.05, 4.69) is 52.0 Å². The van der Waals surface area contributed by atoms with Crippen LogP contribution in [0.1, 0.15) is 34.6 Å². The summed E-state index contributed by atoms with van der Waals surface area (Å²) >= 11 is 0. The molecule has 4 heteroatoms. The van der Waals surface area contributed by atoms with Gasteiger partial charge in [0, 0.05) is 10.8 Å². The maximum Gasteiger partial charge on any atom is 0.498 e. The van der Waals surface area contributed by atoms with Crippen LogP contribution >= 0.6 is 0 Å². The first-order valence-electron chi connectivity index (χ1n) is 7.86. The van der Waals surface area contributed by atoms with Crippen LogP contribution in [0.15, 0.2) is 36.4 Å². The number of hydrogen-bond donors (Lipinski definition) is 0. The van der Waals surface area contributed by atoms with Gasteiger partial charge in [0.1, 0.15) is 5.75 Å². The van der Waals surface area contributed by atoms with Crippen LogP contribution in [-0.2, 0) is 9.31 Å². The maximum absolute atomic E-state index is 6.18. The zero-order chi connectivity index (χ0) is 16.0. The van der Waals surface area contributed by atoms with Crippen LogP contribution in [0.4, 0.5) is 0 Å². The third-order valence-electron chi connectivity index (χ3n) is 4.71. The summed E-state index contributed by atoms with van der Waals surface area (Å²) in [5, 5.41) is 2.25. The lowest BCUT2D eigenvalue weighted by molar-refractivity contribution is 0.00578. The van der Waals surface area contributed by atoms with Crippen LogP contribution < -0.4 is 10.2 Å². The molecule has 1 fully saturated rings. The molecule has 116 valence electrons. The highest BCUT2D eigenvalue weighted by Crippen LogP contribution is 2.38. The summed E-state index contributed by atoms with van der Waals surface area (Å²) < 4.78 is 18.3. The molecular formula is C18H23BO3. The van der Waals surface area contributed by atoms with Gasteiger partial charge in [-0.1, -0.05) is 36.4 Å². The van der Waals surface area contributed by atoms with Crippen molar-refractivity contribution in [1.82, 2.24) is 0 Å². The zero-order valence-electron chi connectivity index (χ0n) is 14.0. The lowest BCUT2D eigenvalue weighted by atomic mass is 9.77. The number of fused-ring (bicyclic) bond motifs is 1. The Bertz CT molecular complexity index is 678. The van der Waals surface area contributed by atoms with Crippen molar-refractivity contribution in [3.05, 3.63) is 36.4 Å². The SMILES string of the molecule is CCOc1c(B2OC(C)(C)C(C)(C)O2)ccc2ccccc12. The summed E-state index contributed by atoms with van der Waals surface area (Å²) in [5.41, 5.74) is 0.249. The van der Waals surface area contributed by atoms with Gasteiger partial charge in [0.05, 0.1) is 17.8 Å². The van der Waals surface area contributed by atoms with Crippen molar-refractivity contribution < 1.29 is 14.0 Å². The van der Waals surface area contributed by atoms with Gasteiger partial charge < -0.3 is 14.0 Å². The molecule has 0 saturated carbocycles. The summed E-state index contributed by atoms with van der Waals surface area (Å²) in [6.45, 7) is 10.9. The maximum atomic E-state index is 6.18. The molecular weight excluding hydrogens is 275 g/mol. The van der Waals surface area contributed by atoms with E-state index in [1.807, 2.05) is 19.1 Å². The predicted molar refractivity (Wildman–Crippen MR) is 90.8 cm³/mol. The van der Waals surface area contributed by atoms with Crippen molar-refractivity contribution in [1.29, 1.82) is 0 Å². The normalized spacial score (nSPS) is 19.6. The Morgan fingerprint density at radius 2 is 1.59 bits per heavy atom. The van der Waals surface area contributed by atoms with E-state index in [1.165, 1.54) is 0 Å². The number of benzene rings is 2. The highest BCUT2D eigenvalue weighted by atomic mass is 16.7. The largest absolute Gasteiger partial charge is 0.498 e. The lowest BCUT2D eigenvalue weighted by Crippen LogP contribution is -2.41. The quantitative estimate of drug-likeness (QED) is 0.811. The molecule has 0 unspecified atom stereocenters. The minimum absolute atomic E-state index is 0.354. The molecule has 0 radical (unpaired) electrons. The second-order valence-electron chi connectivity index (χ2n) is 6.73. The molecule has 0 amide bonds. The Morgan fingerprint density at radius 3 is 2.23 bits per heavy atom. The Kier molecular flexibility index (Phi) is 3.70. The van der Waals surface area contributed by atoms with Gasteiger partial charge >= 0.3 is 7.12 Å². The third kappa shape index (κ3) is 2.40.